The lowest BCUT2D eigenvalue weighted by Crippen LogP contribution is -2.29. The molecule has 3 amide bonds. The maximum atomic E-state index is 12.4. The first-order valence-corrected chi connectivity index (χ1v) is 10.6. The number of thioether (sulfide) groups is 1. The van der Waals surface area contributed by atoms with Crippen LogP contribution >= 0.6 is 11.8 Å². The van der Waals surface area contributed by atoms with Crippen LogP contribution in [0.1, 0.15) is 17.5 Å². The van der Waals surface area contributed by atoms with Crippen molar-refractivity contribution in [2.75, 3.05) is 32.2 Å². The van der Waals surface area contributed by atoms with Gasteiger partial charge in [0, 0.05) is 25.9 Å². The summed E-state index contributed by atoms with van der Waals surface area (Å²) in [6.07, 6.45) is 2.28. The Bertz CT molecular complexity index is 970. The van der Waals surface area contributed by atoms with Gasteiger partial charge in [-0.15, -0.1) is 0 Å². The Hall–Kier alpha value is -3.10. The molecule has 3 rings (SSSR count). The number of ether oxygens (including phenoxy) is 2. The third kappa shape index (κ3) is 6.44. The highest BCUT2D eigenvalue weighted by atomic mass is 32.2. The molecule has 2 aromatic rings. The number of carbonyl (C=O) groups is 3. The Kier molecular flexibility index (Phi) is 7.86. The van der Waals surface area contributed by atoms with Gasteiger partial charge in [-0.05, 0) is 61.0 Å². The Balaban J connectivity index is 1.52. The van der Waals surface area contributed by atoms with Crippen LogP contribution in [0.25, 0.3) is 6.08 Å². The number of hydrogen-bond donors (Lipinski definition) is 1. The van der Waals surface area contributed by atoms with Crippen LogP contribution in [0.3, 0.4) is 0 Å². The highest BCUT2D eigenvalue weighted by Gasteiger charge is 2.34. The Labute approximate surface area is 185 Å². The van der Waals surface area contributed by atoms with Gasteiger partial charge in [-0.3, -0.25) is 19.3 Å². The molecule has 1 heterocycles. The number of amides is 3. The zero-order valence-corrected chi connectivity index (χ0v) is 18.2. The summed E-state index contributed by atoms with van der Waals surface area (Å²) in [7, 11) is 1.58. The van der Waals surface area contributed by atoms with E-state index in [0.29, 0.717) is 35.9 Å². The molecule has 7 nitrogen and oxygen atoms in total. The lowest BCUT2D eigenvalue weighted by atomic mass is 10.2. The standard InChI is InChI=1S/C23H24N2O5S/c1-16-4-8-18(9-5-16)24-21(26)15-30-19-10-6-17(7-11-19)14-20-22(27)25(23(28)31-20)12-3-13-29-2/h4-11,14H,3,12-13,15H2,1-2H3,(H,24,26)/b20-14+. The molecule has 1 N–H and O–H groups in total. The molecule has 0 atom stereocenters. The minimum atomic E-state index is -0.292. The van der Waals surface area contributed by atoms with E-state index in [1.54, 1.807) is 37.5 Å². The monoisotopic (exact) mass is 440 g/mol. The molecule has 1 fully saturated rings. The van der Waals surface area contributed by atoms with Gasteiger partial charge in [-0.1, -0.05) is 29.8 Å². The number of hydrogen-bond acceptors (Lipinski definition) is 6. The number of rotatable bonds is 9. The lowest BCUT2D eigenvalue weighted by molar-refractivity contribution is -0.123. The first kappa shape index (κ1) is 22.6. The van der Waals surface area contributed by atoms with Crippen molar-refractivity contribution in [1.29, 1.82) is 0 Å². The molecular formula is C23H24N2O5S. The highest BCUT2D eigenvalue weighted by molar-refractivity contribution is 8.18. The summed E-state index contributed by atoms with van der Waals surface area (Å²) in [5, 5.41) is 2.50. The van der Waals surface area contributed by atoms with E-state index in [1.165, 1.54) is 4.90 Å². The number of benzene rings is 2. The van der Waals surface area contributed by atoms with E-state index in [9.17, 15) is 14.4 Å². The summed E-state index contributed by atoms with van der Waals surface area (Å²) in [5.74, 6) is -0.0156. The number of nitrogens with one attached hydrogen (secondary N) is 1. The average molecular weight is 441 g/mol. The van der Waals surface area contributed by atoms with Gasteiger partial charge in [0.2, 0.25) is 0 Å². The molecule has 0 radical (unpaired) electrons. The van der Waals surface area contributed by atoms with Crippen molar-refractivity contribution < 1.29 is 23.9 Å². The molecule has 0 aromatic heterocycles. The summed E-state index contributed by atoms with van der Waals surface area (Å²) < 4.78 is 10.5. The van der Waals surface area contributed by atoms with Crippen LogP contribution in [-0.4, -0.2) is 48.8 Å². The number of nitrogens with zero attached hydrogens (tertiary/aromatic N) is 1. The predicted molar refractivity (Wildman–Crippen MR) is 121 cm³/mol. The Morgan fingerprint density at radius 1 is 1.10 bits per heavy atom. The predicted octanol–water partition coefficient (Wildman–Crippen LogP) is 4.09. The van der Waals surface area contributed by atoms with Crippen molar-refractivity contribution in [2.24, 2.45) is 0 Å². The molecule has 0 saturated carbocycles. The van der Waals surface area contributed by atoms with Crippen molar-refractivity contribution in [2.45, 2.75) is 13.3 Å². The van der Waals surface area contributed by atoms with E-state index in [0.717, 1.165) is 22.9 Å². The van der Waals surface area contributed by atoms with Crippen LogP contribution in [0.15, 0.2) is 53.4 Å². The Morgan fingerprint density at radius 2 is 1.81 bits per heavy atom. The summed E-state index contributed by atoms with van der Waals surface area (Å²) in [4.78, 5) is 38.1. The fourth-order valence-electron chi connectivity index (χ4n) is 2.85. The third-order valence-corrected chi connectivity index (χ3v) is 5.39. The van der Waals surface area contributed by atoms with E-state index in [-0.39, 0.29) is 23.7 Å². The van der Waals surface area contributed by atoms with Gasteiger partial charge in [0.25, 0.3) is 17.1 Å². The zero-order chi connectivity index (χ0) is 22.2. The maximum absolute atomic E-state index is 12.4. The number of methoxy groups -OCH3 is 1. The molecule has 1 aliphatic rings. The lowest BCUT2D eigenvalue weighted by Gasteiger charge is -2.11. The SMILES string of the molecule is COCCCN1C(=O)S/C(=C/c2ccc(OCC(=O)Nc3ccc(C)cc3)cc2)C1=O. The first-order chi connectivity index (χ1) is 15.0. The van der Waals surface area contributed by atoms with E-state index < -0.39 is 0 Å². The van der Waals surface area contributed by atoms with Crippen LogP contribution in [-0.2, 0) is 14.3 Å². The molecule has 2 aromatic carbocycles. The fourth-order valence-corrected chi connectivity index (χ4v) is 3.72. The second-order valence-electron chi connectivity index (χ2n) is 6.95. The van der Waals surface area contributed by atoms with Crippen LogP contribution in [0.2, 0.25) is 0 Å². The number of anilines is 1. The second kappa shape index (κ2) is 10.8. The van der Waals surface area contributed by atoms with E-state index >= 15 is 0 Å². The van der Waals surface area contributed by atoms with Crippen LogP contribution in [0.5, 0.6) is 5.75 Å². The highest BCUT2D eigenvalue weighted by Crippen LogP contribution is 2.32. The minimum Gasteiger partial charge on any atom is -0.484 e. The molecule has 0 aliphatic carbocycles. The van der Waals surface area contributed by atoms with Gasteiger partial charge in [-0.2, -0.15) is 0 Å². The van der Waals surface area contributed by atoms with Gasteiger partial charge < -0.3 is 14.8 Å². The number of imide groups is 1. The van der Waals surface area contributed by atoms with Crippen molar-refractivity contribution in [3.8, 4) is 5.75 Å². The van der Waals surface area contributed by atoms with Crippen LogP contribution in [0, 0.1) is 6.92 Å². The third-order valence-electron chi connectivity index (χ3n) is 4.49. The van der Waals surface area contributed by atoms with Crippen molar-refractivity contribution >= 4 is 40.6 Å². The Morgan fingerprint density at radius 3 is 2.48 bits per heavy atom. The second-order valence-corrected chi connectivity index (χ2v) is 7.94. The molecule has 0 spiro atoms. The largest absolute Gasteiger partial charge is 0.484 e. The summed E-state index contributed by atoms with van der Waals surface area (Å²) in [5.41, 5.74) is 2.59. The normalized spacial score (nSPS) is 14.9. The smallest absolute Gasteiger partial charge is 0.293 e. The quantitative estimate of drug-likeness (QED) is 0.467. The molecule has 0 bridgehead atoms. The van der Waals surface area contributed by atoms with Crippen molar-refractivity contribution in [3.63, 3.8) is 0 Å². The van der Waals surface area contributed by atoms with Crippen LogP contribution < -0.4 is 10.1 Å². The average Bonchev–Trinajstić information content (AvgIpc) is 3.02. The zero-order valence-electron chi connectivity index (χ0n) is 17.4. The summed E-state index contributed by atoms with van der Waals surface area (Å²) in [6, 6.07) is 14.5. The van der Waals surface area contributed by atoms with E-state index in [2.05, 4.69) is 5.32 Å². The van der Waals surface area contributed by atoms with Crippen molar-refractivity contribution in [3.05, 3.63) is 64.6 Å². The van der Waals surface area contributed by atoms with E-state index in [4.69, 9.17) is 9.47 Å². The first-order valence-electron chi connectivity index (χ1n) is 9.80. The summed E-state index contributed by atoms with van der Waals surface area (Å²) >= 11 is 0.928. The maximum Gasteiger partial charge on any atom is 0.293 e. The van der Waals surface area contributed by atoms with Gasteiger partial charge in [0.1, 0.15) is 5.75 Å². The molecule has 1 saturated heterocycles. The summed E-state index contributed by atoms with van der Waals surface area (Å²) in [6.45, 7) is 2.69. The molecular weight excluding hydrogens is 416 g/mol. The van der Waals surface area contributed by atoms with E-state index in [1.807, 2.05) is 31.2 Å². The fraction of sp³-hybridized carbons (Fsp3) is 0.261. The molecule has 1 aliphatic heterocycles. The van der Waals surface area contributed by atoms with Crippen LogP contribution in [0.4, 0.5) is 10.5 Å². The number of carbonyl (C=O) groups excluding carboxylic acids is 3. The minimum absolute atomic E-state index is 0.117. The van der Waals surface area contributed by atoms with Gasteiger partial charge in [-0.25, -0.2) is 0 Å². The molecule has 162 valence electrons. The number of aryl methyl sites for hydroxylation is 1. The molecule has 8 heteroatoms. The topological polar surface area (TPSA) is 84.9 Å². The molecule has 0 unspecified atom stereocenters. The van der Waals surface area contributed by atoms with Gasteiger partial charge >= 0.3 is 0 Å². The van der Waals surface area contributed by atoms with Crippen molar-refractivity contribution in [1.82, 2.24) is 4.90 Å². The van der Waals surface area contributed by atoms with Gasteiger partial charge in [0.15, 0.2) is 6.61 Å². The molecule has 31 heavy (non-hydrogen) atoms. The van der Waals surface area contributed by atoms with Gasteiger partial charge in [0.05, 0.1) is 4.91 Å².